The number of nitrogens with one attached hydrogen (secondary N) is 2. The van der Waals surface area contributed by atoms with Crippen LogP contribution in [0, 0.1) is 0 Å². The molecule has 6 nitrogen and oxygen atoms in total. The number of halogens is 1. The molecule has 0 radical (unpaired) electrons. The largest absolute Gasteiger partial charge is 0.352 e. The topological polar surface area (TPSA) is 74.3 Å². The highest BCUT2D eigenvalue weighted by Crippen LogP contribution is 2.26. The molecule has 3 rings (SSSR count). The molecule has 0 aliphatic heterocycles. The van der Waals surface area contributed by atoms with Crippen LogP contribution in [0.25, 0.3) is 10.6 Å². The van der Waals surface area contributed by atoms with Crippen LogP contribution >= 0.6 is 27.3 Å². The number of benzene rings is 2. The summed E-state index contributed by atoms with van der Waals surface area (Å²) in [4.78, 5) is 30.6. The van der Waals surface area contributed by atoms with E-state index in [9.17, 15) is 9.59 Å². The Labute approximate surface area is 188 Å². The molecule has 3 aromatic rings. The quantitative estimate of drug-likeness (QED) is 0.505. The van der Waals surface area contributed by atoms with Crippen LogP contribution in [0.5, 0.6) is 0 Å². The predicted molar refractivity (Wildman–Crippen MR) is 124 cm³/mol. The minimum Gasteiger partial charge on any atom is -0.352 e. The third kappa shape index (κ3) is 6.76. The van der Waals surface area contributed by atoms with Gasteiger partial charge in [0.25, 0.3) is 0 Å². The number of carbonyl (C=O) groups is 2. The minimum atomic E-state index is -0.0943. The van der Waals surface area contributed by atoms with E-state index in [0.717, 1.165) is 26.3 Å². The van der Waals surface area contributed by atoms with E-state index in [2.05, 4.69) is 31.5 Å². The minimum absolute atomic E-state index is 0.0778. The maximum atomic E-state index is 12.3. The van der Waals surface area contributed by atoms with Gasteiger partial charge >= 0.3 is 0 Å². The maximum Gasteiger partial charge on any atom is 0.238 e. The summed E-state index contributed by atoms with van der Waals surface area (Å²) in [5.41, 5.74) is 3.40. The van der Waals surface area contributed by atoms with Gasteiger partial charge in [-0.1, -0.05) is 40.2 Å². The molecule has 1 heterocycles. The molecule has 8 heteroatoms. The third-order valence-electron chi connectivity index (χ3n) is 4.13. The van der Waals surface area contributed by atoms with Gasteiger partial charge in [0.05, 0.1) is 18.7 Å². The van der Waals surface area contributed by atoms with Gasteiger partial charge in [0.15, 0.2) is 0 Å². The molecule has 0 spiro atoms. The molecular weight excluding hydrogens is 464 g/mol. The lowest BCUT2D eigenvalue weighted by atomic mass is 10.2. The summed E-state index contributed by atoms with van der Waals surface area (Å²) in [6.45, 7) is 0.704. The lowest BCUT2D eigenvalue weighted by Gasteiger charge is -2.11. The van der Waals surface area contributed by atoms with Crippen LogP contribution < -0.4 is 10.6 Å². The number of likely N-dealkylation sites (N-methyl/N-ethyl adjacent to an activating group) is 1. The first-order chi connectivity index (χ1) is 14.4. The van der Waals surface area contributed by atoms with E-state index in [1.54, 1.807) is 4.90 Å². The fraction of sp³-hybridized carbons (Fsp3) is 0.227. The molecule has 0 saturated heterocycles. The first-order valence-electron chi connectivity index (χ1n) is 9.39. The number of carbonyl (C=O) groups excluding carboxylic acids is 2. The van der Waals surface area contributed by atoms with Crippen LogP contribution in [0.4, 0.5) is 5.69 Å². The summed E-state index contributed by atoms with van der Waals surface area (Å²) in [6, 6.07) is 15.4. The van der Waals surface area contributed by atoms with Crippen molar-refractivity contribution in [1.82, 2.24) is 15.2 Å². The van der Waals surface area contributed by atoms with Gasteiger partial charge in [-0.25, -0.2) is 4.98 Å². The summed E-state index contributed by atoms with van der Waals surface area (Å²) in [7, 11) is 3.69. The first-order valence-corrected chi connectivity index (χ1v) is 11.1. The average molecular weight is 487 g/mol. The predicted octanol–water partition coefficient (Wildman–Crippen LogP) is 3.93. The molecule has 2 N–H and O–H groups in total. The Morgan fingerprint density at radius 3 is 2.67 bits per heavy atom. The van der Waals surface area contributed by atoms with Crippen molar-refractivity contribution < 1.29 is 9.59 Å². The van der Waals surface area contributed by atoms with Crippen LogP contribution in [0.3, 0.4) is 0 Å². The van der Waals surface area contributed by atoms with Crippen LogP contribution in [-0.2, 0) is 22.6 Å². The SMILES string of the molecule is CN(C)CC(=O)Nc1cccc(CNC(=O)Cc2csc(-c3cccc(Br)c3)n2)c1. The smallest absolute Gasteiger partial charge is 0.238 e. The average Bonchev–Trinajstić information content (AvgIpc) is 3.14. The van der Waals surface area contributed by atoms with Crippen molar-refractivity contribution in [3.8, 4) is 10.6 Å². The van der Waals surface area contributed by atoms with E-state index in [4.69, 9.17) is 0 Å². The van der Waals surface area contributed by atoms with E-state index in [0.29, 0.717) is 18.8 Å². The number of aromatic nitrogens is 1. The molecule has 30 heavy (non-hydrogen) atoms. The zero-order valence-electron chi connectivity index (χ0n) is 16.8. The molecule has 0 atom stereocenters. The standard InChI is InChI=1S/C22H23BrN4O2S/c1-27(2)13-21(29)25-18-8-3-5-15(9-18)12-24-20(28)11-19-14-30-22(26-19)16-6-4-7-17(23)10-16/h3-10,14H,11-13H2,1-2H3,(H,24,28)(H,25,29). The highest BCUT2D eigenvalue weighted by atomic mass is 79.9. The molecule has 1 aromatic heterocycles. The van der Waals surface area contributed by atoms with Crippen molar-refractivity contribution in [2.75, 3.05) is 26.0 Å². The summed E-state index contributed by atoms with van der Waals surface area (Å²) in [5, 5.41) is 8.58. The van der Waals surface area contributed by atoms with Crippen molar-refractivity contribution >= 4 is 44.8 Å². The Hall–Kier alpha value is -2.55. The third-order valence-corrected chi connectivity index (χ3v) is 5.56. The molecular formula is C22H23BrN4O2S. The monoisotopic (exact) mass is 486 g/mol. The lowest BCUT2D eigenvalue weighted by Crippen LogP contribution is -2.27. The summed E-state index contributed by atoms with van der Waals surface area (Å²) in [6.07, 6.45) is 0.226. The second-order valence-electron chi connectivity index (χ2n) is 7.09. The fourth-order valence-corrected chi connectivity index (χ4v) is 4.03. The highest BCUT2D eigenvalue weighted by Gasteiger charge is 2.10. The van der Waals surface area contributed by atoms with Gasteiger partial charge in [0, 0.05) is 27.6 Å². The van der Waals surface area contributed by atoms with Crippen LogP contribution in [-0.4, -0.2) is 42.3 Å². The number of thiazole rings is 1. The van der Waals surface area contributed by atoms with Gasteiger partial charge in [-0.2, -0.15) is 0 Å². The van der Waals surface area contributed by atoms with Gasteiger partial charge in [0.1, 0.15) is 5.01 Å². The molecule has 0 unspecified atom stereocenters. The van der Waals surface area contributed by atoms with Gasteiger partial charge in [-0.15, -0.1) is 11.3 Å². The molecule has 0 aliphatic carbocycles. The number of hydrogen-bond acceptors (Lipinski definition) is 5. The van der Waals surface area contributed by atoms with E-state index >= 15 is 0 Å². The molecule has 0 saturated carbocycles. The Morgan fingerprint density at radius 1 is 1.10 bits per heavy atom. The van der Waals surface area contributed by atoms with Gasteiger partial charge < -0.3 is 15.5 Å². The molecule has 2 aromatic carbocycles. The van der Waals surface area contributed by atoms with Gasteiger partial charge in [0.2, 0.25) is 11.8 Å². The summed E-state index contributed by atoms with van der Waals surface area (Å²) < 4.78 is 0.995. The normalized spacial score (nSPS) is 10.8. The zero-order chi connectivity index (χ0) is 21.5. The molecule has 0 aliphatic rings. The van der Waals surface area contributed by atoms with Gasteiger partial charge in [-0.3, -0.25) is 9.59 Å². The molecule has 0 fully saturated rings. The Kier molecular flexibility index (Phi) is 7.73. The zero-order valence-corrected chi connectivity index (χ0v) is 19.2. The van der Waals surface area contributed by atoms with E-state index < -0.39 is 0 Å². The Balaban J connectivity index is 1.53. The van der Waals surface area contributed by atoms with Crippen molar-refractivity contribution in [2.24, 2.45) is 0 Å². The van der Waals surface area contributed by atoms with Crippen molar-refractivity contribution in [2.45, 2.75) is 13.0 Å². The summed E-state index contributed by atoms with van der Waals surface area (Å²) in [5.74, 6) is -0.172. The summed E-state index contributed by atoms with van der Waals surface area (Å²) >= 11 is 4.99. The van der Waals surface area contributed by atoms with E-state index in [1.807, 2.05) is 68.0 Å². The van der Waals surface area contributed by atoms with E-state index in [1.165, 1.54) is 11.3 Å². The van der Waals surface area contributed by atoms with Crippen LogP contribution in [0.2, 0.25) is 0 Å². The first kappa shape index (κ1) is 22.1. The fourth-order valence-electron chi connectivity index (χ4n) is 2.82. The molecule has 156 valence electrons. The lowest BCUT2D eigenvalue weighted by molar-refractivity contribution is -0.120. The molecule has 0 bridgehead atoms. The Bertz CT molecular complexity index is 1040. The number of amides is 2. The van der Waals surface area contributed by atoms with Crippen molar-refractivity contribution in [1.29, 1.82) is 0 Å². The second-order valence-corrected chi connectivity index (χ2v) is 8.87. The van der Waals surface area contributed by atoms with Crippen molar-refractivity contribution in [3.05, 3.63) is 69.6 Å². The Morgan fingerprint density at radius 2 is 1.90 bits per heavy atom. The number of nitrogens with zero attached hydrogens (tertiary/aromatic N) is 2. The number of rotatable bonds is 8. The molecule has 2 amide bonds. The number of hydrogen-bond donors (Lipinski definition) is 2. The van der Waals surface area contributed by atoms with Crippen molar-refractivity contribution in [3.63, 3.8) is 0 Å². The second kappa shape index (κ2) is 10.5. The van der Waals surface area contributed by atoms with Crippen LogP contribution in [0.1, 0.15) is 11.3 Å². The van der Waals surface area contributed by atoms with Crippen LogP contribution in [0.15, 0.2) is 58.4 Å². The number of anilines is 1. The van der Waals surface area contributed by atoms with Gasteiger partial charge in [-0.05, 0) is 43.9 Å². The maximum absolute atomic E-state index is 12.3. The van der Waals surface area contributed by atoms with E-state index in [-0.39, 0.29) is 18.2 Å². The highest BCUT2D eigenvalue weighted by molar-refractivity contribution is 9.10.